The van der Waals surface area contributed by atoms with Crippen LogP contribution in [0.5, 0.6) is 5.75 Å². The summed E-state index contributed by atoms with van der Waals surface area (Å²) in [5.74, 6) is 0.900. The van der Waals surface area contributed by atoms with Crippen LogP contribution in [0.3, 0.4) is 0 Å². The van der Waals surface area contributed by atoms with E-state index in [0.29, 0.717) is 0 Å². The molecule has 0 atom stereocenters. The summed E-state index contributed by atoms with van der Waals surface area (Å²) >= 11 is 3.57. The van der Waals surface area contributed by atoms with Crippen molar-refractivity contribution in [2.24, 2.45) is 0 Å². The third kappa shape index (κ3) is 2.12. The molecule has 0 saturated carbocycles. The molecule has 2 rings (SSSR count). The fourth-order valence-corrected chi connectivity index (χ4v) is 2.21. The minimum absolute atomic E-state index is 0.900. The molecule has 2 aromatic carbocycles. The third-order valence-electron chi connectivity index (χ3n) is 2.52. The fraction of sp³-hybridized carbons (Fsp3) is 0.143. The predicted molar refractivity (Wildman–Crippen MR) is 70.9 cm³/mol. The van der Waals surface area contributed by atoms with Crippen LogP contribution in [-0.4, -0.2) is 7.11 Å². The maximum Gasteiger partial charge on any atom is 0.126 e. The van der Waals surface area contributed by atoms with Crippen molar-refractivity contribution in [3.8, 4) is 16.9 Å². The second-order valence-electron chi connectivity index (χ2n) is 3.68. The molecule has 2 heteroatoms. The molecule has 0 aliphatic rings. The molecule has 0 radical (unpaired) electrons. The first kappa shape index (κ1) is 11.2. The predicted octanol–water partition coefficient (Wildman–Crippen LogP) is 4.43. The Morgan fingerprint density at radius 3 is 2.44 bits per heavy atom. The van der Waals surface area contributed by atoms with Gasteiger partial charge in [-0.15, -0.1) is 0 Å². The van der Waals surface area contributed by atoms with Crippen molar-refractivity contribution in [3.63, 3.8) is 0 Å². The second kappa shape index (κ2) is 4.71. The van der Waals surface area contributed by atoms with E-state index < -0.39 is 0 Å². The van der Waals surface area contributed by atoms with Crippen LogP contribution in [-0.2, 0) is 0 Å². The zero-order valence-electron chi connectivity index (χ0n) is 9.33. The number of aryl methyl sites for hydroxylation is 1. The van der Waals surface area contributed by atoms with Crippen LogP contribution >= 0.6 is 15.9 Å². The van der Waals surface area contributed by atoms with Crippen molar-refractivity contribution in [2.45, 2.75) is 6.92 Å². The summed E-state index contributed by atoms with van der Waals surface area (Å²) in [6.07, 6.45) is 0. The summed E-state index contributed by atoms with van der Waals surface area (Å²) in [6.45, 7) is 2.08. The average molecular weight is 277 g/mol. The van der Waals surface area contributed by atoms with Crippen molar-refractivity contribution < 1.29 is 4.74 Å². The van der Waals surface area contributed by atoms with Crippen LogP contribution in [0.4, 0.5) is 0 Å². The summed E-state index contributed by atoms with van der Waals surface area (Å²) in [7, 11) is 1.70. The van der Waals surface area contributed by atoms with E-state index in [1.54, 1.807) is 7.11 Å². The van der Waals surface area contributed by atoms with Gasteiger partial charge in [0.1, 0.15) is 5.75 Å². The molecule has 0 aliphatic carbocycles. The molecule has 0 N–H and O–H groups in total. The van der Waals surface area contributed by atoms with Crippen LogP contribution in [0, 0.1) is 6.92 Å². The lowest BCUT2D eigenvalue weighted by atomic mass is 10.0. The SMILES string of the molecule is COc1ccc(C)cc1-c1ccccc1Br. The number of benzene rings is 2. The Bertz CT molecular complexity index is 506. The van der Waals surface area contributed by atoms with Crippen molar-refractivity contribution in [3.05, 3.63) is 52.5 Å². The third-order valence-corrected chi connectivity index (χ3v) is 3.21. The van der Waals surface area contributed by atoms with Crippen molar-refractivity contribution in [2.75, 3.05) is 7.11 Å². The molecule has 0 heterocycles. The first-order valence-electron chi connectivity index (χ1n) is 5.12. The Balaban J connectivity index is 2.63. The van der Waals surface area contributed by atoms with Gasteiger partial charge in [0.2, 0.25) is 0 Å². The summed E-state index contributed by atoms with van der Waals surface area (Å²) in [6, 6.07) is 14.4. The van der Waals surface area contributed by atoms with Gasteiger partial charge in [-0.3, -0.25) is 0 Å². The molecule has 0 fully saturated rings. The molecule has 82 valence electrons. The monoisotopic (exact) mass is 276 g/mol. The van der Waals surface area contributed by atoms with E-state index in [-0.39, 0.29) is 0 Å². The maximum atomic E-state index is 5.39. The van der Waals surface area contributed by atoms with Crippen molar-refractivity contribution in [1.29, 1.82) is 0 Å². The van der Waals surface area contributed by atoms with Gasteiger partial charge < -0.3 is 4.74 Å². The minimum Gasteiger partial charge on any atom is -0.496 e. The standard InChI is InChI=1S/C14H13BrO/c1-10-7-8-14(16-2)12(9-10)11-5-3-4-6-13(11)15/h3-9H,1-2H3. The van der Waals surface area contributed by atoms with E-state index in [0.717, 1.165) is 21.3 Å². The lowest BCUT2D eigenvalue weighted by molar-refractivity contribution is 0.416. The molecule has 0 unspecified atom stereocenters. The summed E-state index contributed by atoms with van der Waals surface area (Å²) in [5, 5.41) is 0. The smallest absolute Gasteiger partial charge is 0.126 e. The molecule has 0 aromatic heterocycles. The number of hydrogen-bond acceptors (Lipinski definition) is 1. The van der Waals surface area contributed by atoms with Gasteiger partial charge in [-0.2, -0.15) is 0 Å². The summed E-state index contributed by atoms with van der Waals surface area (Å²) < 4.78 is 6.47. The normalized spacial score (nSPS) is 10.2. The number of hydrogen-bond donors (Lipinski definition) is 0. The van der Waals surface area contributed by atoms with Gasteiger partial charge in [-0.25, -0.2) is 0 Å². The van der Waals surface area contributed by atoms with Crippen LogP contribution in [0.2, 0.25) is 0 Å². The van der Waals surface area contributed by atoms with Crippen LogP contribution in [0.15, 0.2) is 46.9 Å². The Morgan fingerprint density at radius 2 is 1.75 bits per heavy atom. The first-order valence-corrected chi connectivity index (χ1v) is 5.91. The topological polar surface area (TPSA) is 9.23 Å². The Hall–Kier alpha value is -1.28. The van der Waals surface area contributed by atoms with Gasteiger partial charge in [-0.1, -0.05) is 45.8 Å². The Labute approximate surface area is 104 Å². The minimum atomic E-state index is 0.900. The Kier molecular flexibility index (Phi) is 3.30. The van der Waals surface area contributed by atoms with Gasteiger partial charge in [0.15, 0.2) is 0 Å². The lowest BCUT2D eigenvalue weighted by Crippen LogP contribution is -1.89. The molecule has 16 heavy (non-hydrogen) atoms. The van der Waals surface area contributed by atoms with E-state index >= 15 is 0 Å². The van der Waals surface area contributed by atoms with Crippen LogP contribution in [0.25, 0.3) is 11.1 Å². The lowest BCUT2D eigenvalue weighted by Gasteiger charge is -2.11. The van der Waals surface area contributed by atoms with E-state index in [1.165, 1.54) is 5.56 Å². The highest BCUT2D eigenvalue weighted by molar-refractivity contribution is 9.10. The van der Waals surface area contributed by atoms with Gasteiger partial charge in [0.05, 0.1) is 7.11 Å². The van der Waals surface area contributed by atoms with Gasteiger partial charge in [0, 0.05) is 10.0 Å². The van der Waals surface area contributed by atoms with E-state index in [4.69, 9.17) is 4.74 Å². The fourth-order valence-electron chi connectivity index (χ4n) is 1.71. The Morgan fingerprint density at radius 1 is 1.00 bits per heavy atom. The van der Waals surface area contributed by atoms with E-state index in [2.05, 4.69) is 41.1 Å². The maximum absolute atomic E-state index is 5.39. The molecular formula is C14H13BrO. The molecule has 0 aliphatic heterocycles. The number of halogens is 1. The van der Waals surface area contributed by atoms with Crippen molar-refractivity contribution in [1.82, 2.24) is 0 Å². The van der Waals surface area contributed by atoms with E-state index in [1.807, 2.05) is 24.3 Å². The molecule has 0 saturated heterocycles. The zero-order chi connectivity index (χ0) is 11.5. The quantitative estimate of drug-likeness (QED) is 0.788. The molecule has 2 aromatic rings. The van der Waals surface area contributed by atoms with Crippen molar-refractivity contribution >= 4 is 15.9 Å². The molecule has 0 bridgehead atoms. The zero-order valence-corrected chi connectivity index (χ0v) is 10.9. The average Bonchev–Trinajstić information content (AvgIpc) is 2.29. The van der Waals surface area contributed by atoms with Gasteiger partial charge in [-0.05, 0) is 30.7 Å². The molecular weight excluding hydrogens is 264 g/mol. The van der Waals surface area contributed by atoms with Gasteiger partial charge >= 0.3 is 0 Å². The number of methoxy groups -OCH3 is 1. The molecule has 0 amide bonds. The molecule has 1 nitrogen and oxygen atoms in total. The highest BCUT2D eigenvalue weighted by Gasteiger charge is 2.08. The molecule has 0 spiro atoms. The van der Waals surface area contributed by atoms with Gasteiger partial charge in [0.25, 0.3) is 0 Å². The first-order chi connectivity index (χ1) is 7.72. The van der Waals surface area contributed by atoms with Crippen LogP contribution in [0.1, 0.15) is 5.56 Å². The number of rotatable bonds is 2. The largest absolute Gasteiger partial charge is 0.496 e. The van der Waals surface area contributed by atoms with Crippen LogP contribution < -0.4 is 4.74 Å². The van der Waals surface area contributed by atoms with E-state index in [9.17, 15) is 0 Å². The highest BCUT2D eigenvalue weighted by Crippen LogP contribution is 2.35. The number of ether oxygens (including phenoxy) is 1. The summed E-state index contributed by atoms with van der Waals surface area (Å²) in [5.41, 5.74) is 3.50. The highest BCUT2D eigenvalue weighted by atomic mass is 79.9. The summed E-state index contributed by atoms with van der Waals surface area (Å²) in [4.78, 5) is 0. The second-order valence-corrected chi connectivity index (χ2v) is 4.54.